The highest BCUT2D eigenvalue weighted by atomic mass is 32.1. The predicted molar refractivity (Wildman–Crippen MR) is 93.8 cm³/mol. The zero-order valence-corrected chi connectivity index (χ0v) is 13.6. The van der Waals surface area contributed by atoms with Crippen molar-refractivity contribution in [2.45, 2.75) is 6.61 Å². The second-order valence-electron chi connectivity index (χ2n) is 5.17. The molecule has 0 radical (unpaired) electrons. The average molecular weight is 334 g/mol. The van der Waals surface area contributed by atoms with Crippen LogP contribution in [0.15, 0.2) is 76.6 Å². The Labute approximate surface area is 143 Å². The summed E-state index contributed by atoms with van der Waals surface area (Å²) in [5.74, 6) is 1.50. The Balaban J connectivity index is 1.48. The number of para-hydroxylation sites is 1. The van der Waals surface area contributed by atoms with Gasteiger partial charge in [-0.2, -0.15) is 0 Å². The van der Waals surface area contributed by atoms with Crippen LogP contribution in [0.25, 0.3) is 22.7 Å². The summed E-state index contributed by atoms with van der Waals surface area (Å²) in [6, 6.07) is 21.6. The van der Waals surface area contributed by atoms with Gasteiger partial charge in [0.2, 0.25) is 0 Å². The molecule has 4 nitrogen and oxygen atoms in total. The fourth-order valence-electron chi connectivity index (χ4n) is 2.29. The number of hydrogen-bond acceptors (Lipinski definition) is 5. The summed E-state index contributed by atoms with van der Waals surface area (Å²) in [7, 11) is 0. The molecule has 118 valence electrons. The van der Waals surface area contributed by atoms with E-state index in [1.165, 1.54) is 0 Å². The van der Waals surface area contributed by atoms with E-state index in [4.69, 9.17) is 9.26 Å². The van der Waals surface area contributed by atoms with E-state index in [1.54, 1.807) is 11.3 Å². The van der Waals surface area contributed by atoms with Crippen molar-refractivity contribution in [3.8, 4) is 28.5 Å². The lowest BCUT2D eigenvalue weighted by atomic mass is 10.1. The van der Waals surface area contributed by atoms with Gasteiger partial charge in [0.25, 0.3) is 0 Å². The number of nitrogens with zero attached hydrogens (tertiary/aromatic N) is 2. The van der Waals surface area contributed by atoms with E-state index in [0.717, 1.165) is 27.7 Å². The molecule has 0 aliphatic heterocycles. The smallest absolute Gasteiger partial charge is 0.186 e. The number of aromatic nitrogens is 2. The van der Waals surface area contributed by atoms with Crippen LogP contribution in [0.4, 0.5) is 0 Å². The van der Waals surface area contributed by atoms with E-state index >= 15 is 0 Å². The maximum atomic E-state index is 5.72. The van der Waals surface area contributed by atoms with Crippen molar-refractivity contribution < 1.29 is 9.26 Å². The Morgan fingerprint density at radius 3 is 2.46 bits per heavy atom. The average Bonchev–Trinajstić information content (AvgIpc) is 3.31. The minimum Gasteiger partial charge on any atom is -0.486 e. The molecule has 0 spiro atoms. The van der Waals surface area contributed by atoms with Crippen molar-refractivity contribution in [2.75, 3.05) is 0 Å². The van der Waals surface area contributed by atoms with Gasteiger partial charge in [-0.05, 0) is 12.1 Å². The Kier molecular flexibility index (Phi) is 4.08. The Hall–Kier alpha value is -2.92. The van der Waals surface area contributed by atoms with Crippen LogP contribution in [0.1, 0.15) is 5.01 Å². The third kappa shape index (κ3) is 3.21. The number of benzene rings is 2. The fourth-order valence-corrected chi connectivity index (χ4v) is 2.99. The molecule has 0 saturated carbocycles. The molecule has 0 amide bonds. The molecular formula is C19H14N2O2S. The highest BCUT2D eigenvalue weighted by Gasteiger charge is 2.12. The molecule has 4 aromatic rings. The zero-order chi connectivity index (χ0) is 16.2. The standard InChI is InChI=1S/C19H14N2O2S/c1-3-7-14(8-4-1)16-11-18(23-21-16)17-13-24-19(20-17)12-22-15-9-5-2-6-10-15/h1-11,13H,12H2. The van der Waals surface area contributed by atoms with Crippen molar-refractivity contribution >= 4 is 11.3 Å². The minimum absolute atomic E-state index is 0.439. The van der Waals surface area contributed by atoms with E-state index in [0.29, 0.717) is 12.4 Å². The molecule has 4 rings (SSSR count). The highest BCUT2D eigenvalue weighted by Crippen LogP contribution is 2.27. The summed E-state index contributed by atoms with van der Waals surface area (Å²) in [5.41, 5.74) is 2.61. The van der Waals surface area contributed by atoms with Crippen molar-refractivity contribution in [1.82, 2.24) is 10.1 Å². The van der Waals surface area contributed by atoms with Gasteiger partial charge in [0.15, 0.2) is 5.76 Å². The molecule has 2 aromatic heterocycles. The Morgan fingerprint density at radius 1 is 0.917 bits per heavy atom. The van der Waals surface area contributed by atoms with Crippen LogP contribution >= 0.6 is 11.3 Å². The van der Waals surface area contributed by atoms with Gasteiger partial charge in [0, 0.05) is 17.0 Å². The first-order valence-corrected chi connectivity index (χ1v) is 8.41. The maximum absolute atomic E-state index is 5.72. The molecule has 2 aromatic carbocycles. The summed E-state index contributed by atoms with van der Waals surface area (Å²) in [5, 5.41) is 6.98. The molecule has 24 heavy (non-hydrogen) atoms. The van der Waals surface area contributed by atoms with E-state index in [2.05, 4.69) is 10.1 Å². The topological polar surface area (TPSA) is 48.2 Å². The van der Waals surface area contributed by atoms with Gasteiger partial charge < -0.3 is 9.26 Å². The molecule has 0 aliphatic carbocycles. The summed E-state index contributed by atoms with van der Waals surface area (Å²) >= 11 is 1.54. The number of thiazole rings is 1. The van der Waals surface area contributed by atoms with Crippen molar-refractivity contribution in [2.24, 2.45) is 0 Å². The van der Waals surface area contributed by atoms with E-state index in [1.807, 2.05) is 72.1 Å². The van der Waals surface area contributed by atoms with Crippen LogP contribution in [0.2, 0.25) is 0 Å². The zero-order valence-electron chi connectivity index (χ0n) is 12.8. The number of hydrogen-bond donors (Lipinski definition) is 0. The quantitative estimate of drug-likeness (QED) is 0.513. The molecule has 2 heterocycles. The van der Waals surface area contributed by atoms with Gasteiger partial charge in [-0.25, -0.2) is 4.98 Å². The largest absolute Gasteiger partial charge is 0.486 e. The van der Waals surface area contributed by atoms with Gasteiger partial charge in [-0.15, -0.1) is 11.3 Å². The van der Waals surface area contributed by atoms with Crippen LogP contribution in [0.5, 0.6) is 5.75 Å². The summed E-state index contributed by atoms with van der Waals surface area (Å²) in [6.45, 7) is 0.439. The molecule has 0 aliphatic rings. The molecule has 0 saturated heterocycles. The molecule has 0 unspecified atom stereocenters. The Morgan fingerprint density at radius 2 is 1.67 bits per heavy atom. The molecule has 0 fully saturated rings. The van der Waals surface area contributed by atoms with E-state index in [-0.39, 0.29) is 0 Å². The monoisotopic (exact) mass is 334 g/mol. The van der Waals surface area contributed by atoms with Crippen molar-refractivity contribution in [3.63, 3.8) is 0 Å². The lowest BCUT2D eigenvalue weighted by Gasteiger charge is -2.02. The van der Waals surface area contributed by atoms with Crippen LogP contribution in [0.3, 0.4) is 0 Å². The van der Waals surface area contributed by atoms with Gasteiger partial charge in [0.1, 0.15) is 28.8 Å². The van der Waals surface area contributed by atoms with Crippen LogP contribution in [-0.2, 0) is 6.61 Å². The van der Waals surface area contributed by atoms with Crippen molar-refractivity contribution in [1.29, 1.82) is 0 Å². The predicted octanol–water partition coefficient (Wildman–Crippen LogP) is 5.04. The first-order chi connectivity index (χ1) is 11.9. The van der Waals surface area contributed by atoms with Crippen LogP contribution in [0, 0.1) is 0 Å². The third-order valence-corrected chi connectivity index (χ3v) is 4.31. The molecule has 0 N–H and O–H groups in total. The lowest BCUT2D eigenvalue weighted by Crippen LogP contribution is -1.94. The maximum Gasteiger partial charge on any atom is 0.186 e. The fraction of sp³-hybridized carbons (Fsp3) is 0.0526. The second kappa shape index (κ2) is 6.68. The first kappa shape index (κ1) is 14.7. The van der Waals surface area contributed by atoms with Gasteiger partial charge in [-0.1, -0.05) is 53.7 Å². The molecule has 0 bridgehead atoms. The number of ether oxygens (including phenoxy) is 1. The van der Waals surface area contributed by atoms with Gasteiger partial charge >= 0.3 is 0 Å². The minimum atomic E-state index is 0.439. The summed E-state index contributed by atoms with van der Waals surface area (Å²) in [4.78, 5) is 4.56. The number of rotatable bonds is 5. The summed E-state index contributed by atoms with van der Waals surface area (Å²) in [6.07, 6.45) is 0. The normalized spacial score (nSPS) is 10.7. The van der Waals surface area contributed by atoms with E-state index in [9.17, 15) is 0 Å². The highest BCUT2D eigenvalue weighted by molar-refractivity contribution is 7.09. The second-order valence-corrected chi connectivity index (χ2v) is 6.11. The molecule has 0 atom stereocenters. The lowest BCUT2D eigenvalue weighted by molar-refractivity contribution is 0.305. The first-order valence-electron chi connectivity index (χ1n) is 7.53. The third-order valence-electron chi connectivity index (χ3n) is 3.49. The molecule has 5 heteroatoms. The Bertz CT molecular complexity index is 917. The van der Waals surface area contributed by atoms with E-state index < -0.39 is 0 Å². The van der Waals surface area contributed by atoms with Gasteiger partial charge in [-0.3, -0.25) is 0 Å². The van der Waals surface area contributed by atoms with Crippen LogP contribution in [-0.4, -0.2) is 10.1 Å². The van der Waals surface area contributed by atoms with Gasteiger partial charge in [0.05, 0.1) is 0 Å². The summed E-state index contributed by atoms with van der Waals surface area (Å²) < 4.78 is 11.2. The SMILES string of the molecule is c1ccc(OCc2nc(-c3cc(-c4ccccc4)no3)cs2)cc1. The van der Waals surface area contributed by atoms with Crippen LogP contribution < -0.4 is 4.74 Å². The van der Waals surface area contributed by atoms with Crippen molar-refractivity contribution in [3.05, 3.63) is 77.1 Å². The molecular weight excluding hydrogens is 320 g/mol.